The zero-order valence-corrected chi connectivity index (χ0v) is 12.1. The van der Waals surface area contributed by atoms with E-state index >= 15 is 0 Å². The predicted molar refractivity (Wildman–Crippen MR) is 74.1 cm³/mol. The van der Waals surface area contributed by atoms with Crippen LogP contribution in [-0.2, 0) is 21.5 Å². The van der Waals surface area contributed by atoms with Crippen LogP contribution in [0.1, 0.15) is 37.9 Å². The van der Waals surface area contributed by atoms with Crippen LogP contribution in [0, 0.1) is 0 Å². The summed E-state index contributed by atoms with van der Waals surface area (Å²) in [6.45, 7) is 5.62. The molecule has 1 aromatic heterocycles. The van der Waals surface area contributed by atoms with Gasteiger partial charge in [-0.3, -0.25) is 4.98 Å². The molecule has 0 aromatic carbocycles. The summed E-state index contributed by atoms with van der Waals surface area (Å²) in [5, 5.41) is 18.6. The normalized spacial score (nSPS) is 22.9. The SMILES string of the molecule is CC(C)OCc1ccc(C2(CC(O)O)CCOC2)cn1. The van der Waals surface area contributed by atoms with Gasteiger partial charge in [-0.1, -0.05) is 6.07 Å². The molecule has 0 saturated carbocycles. The highest BCUT2D eigenvalue weighted by molar-refractivity contribution is 5.25. The highest BCUT2D eigenvalue weighted by Crippen LogP contribution is 2.37. The van der Waals surface area contributed by atoms with Crippen molar-refractivity contribution >= 4 is 0 Å². The minimum absolute atomic E-state index is 0.176. The molecule has 20 heavy (non-hydrogen) atoms. The molecule has 0 bridgehead atoms. The Morgan fingerprint density at radius 1 is 1.40 bits per heavy atom. The number of aromatic nitrogens is 1. The van der Waals surface area contributed by atoms with E-state index in [0.717, 1.165) is 17.7 Å². The number of hydrogen-bond donors (Lipinski definition) is 2. The van der Waals surface area contributed by atoms with Crippen LogP contribution < -0.4 is 0 Å². The molecule has 1 saturated heterocycles. The fourth-order valence-electron chi connectivity index (χ4n) is 2.54. The van der Waals surface area contributed by atoms with E-state index in [1.54, 1.807) is 6.20 Å². The Balaban J connectivity index is 2.10. The van der Waals surface area contributed by atoms with Gasteiger partial charge in [0.25, 0.3) is 0 Å². The van der Waals surface area contributed by atoms with E-state index in [-0.39, 0.29) is 17.9 Å². The third-order valence-corrected chi connectivity index (χ3v) is 3.68. The lowest BCUT2D eigenvalue weighted by atomic mass is 9.77. The first-order valence-corrected chi connectivity index (χ1v) is 7.03. The van der Waals surface area contributed by atoms with Gasteiger partial charge in [0, 0.05) is 24.6 Å². The third-order valence-electron chi connectivity index (χ3n) is 3.68. The maximum absolute atomic E-state index is 9.30. The lowest BCUT2D eigenvalue weighted by Crippen LogP contribution is -2.31. The van der Waals surface area contributed by atoms with Crippen LogP contribution in [0.2, 0.25) is 0 Å². The molecule has 0 spiro atoms. The van der Waals surface area contributed by atoms with E-state index in [0.29, 0.717) is 19.8 Å². The monoisotopic (exact) mass is 281 g/mol. The molecule has 5 heteroatoms. The second-order valence-corrected chi connectivity index (χ2v) is 5.67. The molecule has 1 aliphatic heterocycles. The summed E-state index contributed by atoms with van der Waals surface area (Å²) in [6.07, 6.45) is 1.71. The minimum atomic E-state index is -1.33. The molecular formula is C15H23NO4. The van der Waals surface area contributed by atoms with Gasteiger partial charge in [0.2, 0.25) is 0 Å². The van der Waals surface area contributed by atoms with Gasteiger partial charge in [-0.05, 0) is 31.9 Å². The van der Waals surface area contributed by atoms with Crippen LogP contribution >= 0.6 is 0 Å². The molecule has 0 aliphatic carbocycles. The molecular weight excluding hydrogens is 258 g/mol. The molecule has 5 nitrogen and oxygen atoms in total. The third kappa shape index (κ3) is 3.76. The number of aliphatic hydroxyl groups excluding tert-OH is 1. The van der Waals surface area contributed by atoms with Crippen LogP contribution in [0.15, 0.2) is 18.3 Å². The van der Waals surface area contributed by atoms with Gasteiger partial charge >= 0.3 is 0 Å². The van der Waals surface area contributed by atoms with Gasteiger partial charge in [-0.25, -0.2) is 0 Å². The molecule has 1 aliphatic rings. The van der Waals surface area contributed by atoms with Crippen molar-refractivity contribution in [3.05, 3.63) is 29.6 Å². The Labute approximate surface area is 119 Å². The highest BCUT2D eigenvalue weighted by atomic mass is 16.5. The van der Waals surface area contributed by atoms with Gasteiger partial charge in [0.05, 0.1) is 25.0 Å². The quantitative estimate of drug-likeness (QED) is 0.770. The van der Waals surface area contributed by atoms with Crippen LogP contribution in [0.4, 0.5) is 0 Å². The lowest BCUT2D eigenvalue weighted by molar-refractivity contribution is -0.0616. The van der Waals surface area contributed by atoms with Crippen molar-refractivity contribution < 1.29 is 19.7 Å². The van der Waals surface area contributed by atoms with E-state index in [4.69, 9.17) is 9.47 Å². The molecule has 1 atom stereocenters. The zero-order chi connectivity index (χ0) is 14.6. The first kappa shape index (κ1) is 15.4. The van der Waals surface area contributed by atoms with Gasteiger partial charge in [-0.15, -0.1) is 0 Å². The first-order valence-electron chi connectivity index (χ1n) is 7.03. The standard InChI is InChI=1S/C15H23NO4/c1-11(2)20-9-13-4-3-12(8-16-13)15(7-14(17)18)5-6-19-10-15/h3-4,8,11,14,17-18H,5-7,9-10H2,1-2H3. The first-order chi connectivity index (χ1) is 9.52. The maximum atomic E-state index is 9.30. The van der Waals surface area contributed by atoms with E-state index in [1.807, 2.05) is 26.0 Å². The second-order valence-electron chi connectivity index (χ2n) is 5.67. The number of rotatable bonds is 6. The molecule has 2 heterocycles. The topological polar surface area (TPSA) is 71.8 Å². The minimum Gasteiger partial charge on any atom is -0.380 e. The fraction of sp³-hybridized carbons (Fsp3) is 0.667. The molecule has 0 radical (unpaired) electrons. The molecule has 112 valence electrons. The summed E-state index contributed by atoms with van der Waals surface area (Å²) in [5.41, 5.74) is 1.54. The molecule has 1 fully saturated rings. The van der Waals surface area contributed by atoms with E-state index in [1.165, 1.54) is 0 Å². The summed E-state index contributed by atoms with van der Waals surface area (Å²) in [5.74, 6) is 0. The van der Waals surface area contributed by atoms with E-state index in [9.17, 15) is 10.2 Å². The Kier molecular flexibility index (Phi) is 5.10. The van der Waals surface area contributed by atoms with Gasteiger partial charge in [0.15, 0.2) is 6.29 Å². The van der Waals surface area contributed by atoms with Crippen molar-refractivity contribution in [1.82, 2.24) is 4.98 Å². The molecule has 1 unspecified atom stereocenters. The number of hydrogen-bond acceptors (Lipinski definition) is 5. The van der Waals surface area contributed by atoms with E-state index in [2.05, 4.69) is 4.98 Å². The summed E-state index contributed by atoms with van der Waals surface area (Å²) >= 11 is 0. The van der Waals surface area contributed by atoms with Crippen molar-refractivity contribution in [1.29, 1.82) is 0 Å². The van der Waals surface area contributed by atoms with Gasteiger partial charge < -0.3 is 19.7 Å². The smallest absolute Gasteiger partial charge is 0.152 e. The maximum Gasteiger partial charge on any atom is 0.152 e. The van der Waals surface area contributed by atoms with Gasteiger partial charge in [-0.2, -0.15) is 0 Å². The lowest BCUT2D eigenvalue weighted by Gasteiger charge is -2.28. The molecule has 0 amide bonds. The van der Waals surface area contributed by atoms with Crippen molar-refractivity contribution in [3.8, 4) is 0 Å². The molecule has 1 aromatic rings. The van der Waals surface area contributed by atoms with Crippen molar-refractivity contribution in [3.63, 3.8) is 0 Å². The predicted octanol–water partition coefficient (Wildman–Crippen LogP) is 1.37. The Hall–Kier alpha value is -1.01. The highest BCUT2D eigenvalue weighted by Gasteiger charge is 2.38. The van der Waals surface area contributed by atoms with Gasteiger partial charge in [0.1, 0.15) is 0 Å². The average Bonchev–Trinajstić information content (AvgIpc) is 2.85. The molecule has 2 N–H and O–H groups in total. The Bertz CT molecular complexity index is 410. The average molecular weight is 281 g/mol. The summed E-state index contributed by atoms with van der Waals surface area (Å²) in [7, 11) is 0. The van der Waals surface area contributed by atoms with Crippen molar-refractivity contribution in [2.75, 3.05) is 13.2 Å². The second kappa shape index (κ2) is 6.63. The van der Waals surface area contributed by atoms with Crippen LogP contribution in [0.25, 0.3) is 0 Å². The van der Waals surface area contributed by atoms with Crippen LogP contribution in [0.3, 0.4) is 0 Å². The van der Waals surface area contributed by atoms with Crippen molar-refractivity contribution in [2.45, 2.75) is 51.1 Å². The largest absolute Gasteiger partial charge is 0.380 e. The number of pyridine rings is 1. The summed E-state index contributed by atoms with van der Waals surface area (Å²) < 4.78 is 11.0. The summed E-state index contributed by atoms with van der Waals surface area (Å²) in [6, 6.07) is 3.92. The van der Waals surface area contributed by atoms with E-state index < -0.39 is 6.29 Å². The number of ether oxygens (including phenoxy) is 2. The molecule has 2 rings (SSSR count). The van der Waals surface area contributed by atoms with Crippen LogP contribution in [-0.4, -0.2) is 40.8 Å². The van der Waals surface area contributed by atoms with Crippen molar-refractivity contribution in [2.24, 2.45) is 0 Å². The zero-order valence-electron chi connectivity index (χ0n) is 12.1. The Morgan fingerprint density at radius 2 is 2.20 bits per heavy atom. The Morgan fingerprint density at radius 3 is 2.70 bits per heavy atom. The number of aliphatic hydroxyl groups is 2. The summed E-state index contributed by atoms with van der Waals surface area (Å²) in [4.78, 5) is 4.40. The van der Waals surface area contributed by atoms with Crippen LogP contribution in [0.5, 0.6) is 0 Å². The number of nitrogens with zero attached hydrogens (tertiary/aromatic N) is 1. The fourth-order valence-corrected chi connectivity index (χ4v) is 2.54.